The van der Waals surface area contributed by atoms with Crippen molar-refractivity contribution in [1.82, 2.24) is 15.5 Å². The highest BCUT2D eigenvalue weighted by Gasteiger charge is 2.18. The largest absolute Gasteiger partial charge is 0.457 e. The van der Waals surface area contributed by atoms with E-state index < -0.39 is 11.8 Å². The van der Waals surface area contributed by atoms with Crippen molar-refractivity contribution in [2.24, 2.45) is 0 Å². The number of carbonyl (C=O) groups excluding carboxylic acids is 3. The Hall–Kier alpha value is -5.00. The highest BCUT2D eigenvalue weighted by atomic mass is 32.2. The van der Waals surface area contributed by atoms with Crippen LogP contribution in [0.3, 0.4) is 0 Å². The summed E-state index contributed by atoms with van der Waals surface area (Å²) in [5.41, 5.74) is 1.83. The number of carbonyl (C=O) groups is 3. The minimum absolute atomic E-state index is 0.0125. The zero-order valence-electron chi connectivity index (χ0n) is 23.2. The predicted molar refractivity (Wildman–Crippen MR) is 170 cm³/mol. The third kappa shape index (κ3) is 8.06. The van der Waals surface area contributed by atoms with Crippen LogP contribution < -0.4 is 16.0 Å². The lowest BCUT2D eigenvalue weighted by atomic mass is 10.2. The predicted octanol–water partition coefficient (Wildman–Crippen LogP) is 6.64. The number of aryl methyl sites for hydroxylation is 1. The van der Waals surface area contributed by atoms with Crippen molar-refractivity contribution in [1.29, 1.82) is 0 Å². The fraction of sp³-hybridized carbons (Fsp3) is 0.0938. The van der Waals surface area contributed by atoms with Gasteiger partial charge >= 0.3 is 0 Å². The molecule has 0 spiro atoms. The second kappa shape index (κ2) is 13.8. The molecule has 3 N–H and O–H groups in total. The highest BCUT2D eigenvalue weighted by Crippen LogP contribution is 2.27. The third-order valence-electron chi connectivity index (χ3n) is 6.05. The van der Waals surface area contributed by atoms with E-state index in [-0.39, 0.29) is 16.9 Å². The van der Waals surface area contributed by atoms with Crippen LogP contribution in [0.1, 0.15) is 28.0 Å². The summed E-state index contributed by atoms with van der Waals surface area (Å²) in [6.07, 6.45) is 1.49. The number of thioether (sulfide) groups is 1. The minimum atomic E-state index is -0.526. The molecule has 0 saturated carbocycles. The summed E-state index contributed by atoms with van der Waals surface area (Å²) < 4.78 is 5.95. The summed E-state index contributed by atoms with van der Waals surface area (Å²) >= 11 is 2.68. The molecule has 0 fully saturated rings. The summed E-state index contributed by atoms with van der Waals surface area (Å²) in [4.78, 5) is 39.7. The maximum atomic E-state index is 13.4. The van der Waals surface area contributed by atoms with Crippen LogP contribution in [0.5, 0.6) is 0 Å². The molecule has 0 aliphatic heterocycles. The van der Waals surface area contributed by atoms with E-state index in [2.05, 4.69) is 26.1 Å². The SMILES string of the molecule is Cc1nnc(NC(=O)[C@H](C)Sc2ccc(NC(=O)/C(=C\c3ccc(-c4ccccc4)o3)NC(=O)c3ccccc3)cc2)s1. The molecule has 0 aliphatic carbocycles. The van der Waals surface area contributed by atoms with Gasteiger partial charge < -0.3 is 15.1 Å². The van der Waals surface area contributed by atoms with Crippen LogP contribution in [0.25, 0.3) is 17.4 Å². The molecule has 0 saturated heterocycles. The Morgan fingerprint density at radius 1 is 0.860 bits per heavy atom. The van der Waals surface area contributed by atoms with Gasteiger partial charge in [0.25, 0.3) is 11.8 Å². The number of amides is 3. The fourth-order valence-corrected chi connectivity index (χ4v) is 5.36. The number of aromatic nitrogens is 2. The van der Waals surface area contributed by atoms with Crippen LogP contribution in [-0.4, -0.2) is 33.2 Å². The quantitative estimate of drug-likeness (QED) is 0.120. The molecule has 3 amide bonds. The van der Waals surface area contributed by atoms with Gasteiger partial charge in [0, 0.05) is 27.8 Å². The van der Waals surface area contributed by atoms with E-state index in [0.717, 1.165) is 15.5 Å². The number of nitrogens with zero attached hydrogens (tertiary/aromatic N) is 2. The molecule has 216 valence electrons. The molecule has 0 radical (unpaired) electrons. The Labute approximate surface area is 256 Å². The zero-order valence-corrected chi connectivity index (χ0v) is 24.9. The normalized spacial score (nSPS) is 11.9. The van der Waals surface area contributed by atoms with Gasteiger partial charge in [0.05, 0.1) is 5.25 Å². The molecule has 43 heavy (non-hydrogen) atoms. The number of hydrogen-bond donors (Lipinski definition) is 3. The van der Waals surface area contributed by atoms with Crippen LogP contribution in [0.15, 0.2) is 112 Å². The lowest BCUT2D eigenvalue weighted by Gasteiger charge is -2.12. The molecule has 0 unspecified atom stereocenters. The maximum absolute atomic E-state index is 13.4. The summed E-state index contributed by atoms with van der Waals surface area (Å²) in [6.45, 7) is 3.62. The molecule has 11 heteroatoms. The topological polar surface area (TPSA) is 126 Å². The van der Waals surface area contributed by atoms with Crippen molar-refractivity contribution in [2.45, 2.75) is 24.0 Å². The van der Waals surface area contributed by atoms with Gasteiger partial charge in [-0.1, -0.05) is 59.9 Å². The van der Waals surface area contributed by atoms with Crippen molar-refractivity contribution in [2.75, 3.05) is 10.6 Å². The lowest BCUT2D eigenvalue weighted by Crippen LogP contribution is -2.30. The van der Waals surface area contributed by atoms with E-state index in [0.29, 0.717) is 27.9 Å². The summed E-state index contributed by atoms with van der Waals surface area (Å²) in [6, 6.07) is 28.8. The van der Waals surface area contributed by atoms with Crippen LogP contribution in [0, 0.1) is 6.92 Å². The van der Waals surface area contributed by atoms with E-state index in [1.807, 2.05) is 61.5 Å². The van der Waals surface area contributed by atoms with Gasteiger partial charge in [-0.25, -0.2) is 0 Å². The number of hydrogen-bond acceptors (Lipinski definition) is 8. The second-order valence-electron chi connectivity index (χ2n) is 9.30. The first-order valence-electron chi connectivity index (χ1n) is 13.3. The van der Waals surface area contributed by atoms with Crippen molar-refractivity contribution in [3.63, 3.8) is 0 Å². The van der Waals surface area contributed by atoms with Crippen LogP contribution in [0.2, 0.25) is 0 Å². The molecular weight excluding hydrogens is 583 g/mol. The first-order chi connectivity index (χ1) is 20.8. The number of rotatable bonds is 10. The van der Waals surface area contributed by atoms with Gasteiger partial charge in [-0.15, -0.1) is 22.0 Å². The van der Waals surface area contributed by atoms with Crippen molar-refractivity contribution in [3.05, 3.63) is 119 Å². The number of anilines is 2. The maximum Gasteiger partial charge on any atom is 0.272 e. The second-order valence-corrected chi connectivity index (χ2v) is 11.9. The molecule has 2 aromatic heterocycles. The number of furan rings is 1. The smallest absolute Gasteiger partial charge is 0.272 e. The van der Waals surface area contributed by atoms with E-state index in [9.17, 15) is 14.4 Å². The van der Waals surface area contributed by atoms with Gasteiger partial charge in [-0.05, 0) is 62.4 Å². The monoisotopic (exact) mass is 609 g/mol. The van der Waals surface area contributed by atoms with Crippen LogP contribution >= 0.6 is 23.1 Å². The van der Waals surface area contributed by atoms with Gasteiger partial charge in [0.1, 0.15) is 22.2 Å². The van der Waals surface area contributed by atoms with Gasteiger partial charge in [0.2, 0.25) is 11.0 Å². The van der Waals surface area contributed by atoms with E-state index in [1.54, 1.807) is 49.4 Å². The Kier molecular flexibility index (Phi) is 9.45. The summed E-state index contributed by atoms with van der Waals surface area (Å²) in [5.74, 6) is -0.103. The molecule has 5 aromatic rings. The molecule has 9 nitrogen and oxygen atoms in total. The van der Waals surface area contributed by atoms with Gasteiger partial charge in [-0.2, -0.15) is 0 Å². The molecule has 3 aromatic carbocycles. The standard InChI is InChI=1S/C32H27N5O4S2/c1-20(29(38)35-32-37-36-21(2)43-32)42-26-16-13-24(14-17-26)33-31(40)27(34-30(39)23-11-7-4-8-12-23)19-25-15-18-28(41-25)22-9-5-3-6-10-22/h3-20H,1-2H3,(H,33,40)(H,34,39)(H,35,37,38)/b27-19+/t20-/m0/s1. The zero-order chi connectivity index (χ0) is 30.2. The summed E-state index contributed by atoms with van der Waals surface area (Å²) in [5, 5.41) is 17.0. The molecule has 0 aliphatic rings. The minimum Gasteiger partial charge on any atom is -0.457 e. The number of benzene rings is 3. The Balaban J connectivity index is 1.28. The number of nitrogens with one attached hydrogen (secondary N) is 3. The van der Waals surface area contributed by atoms with Gasteiger partial charge in [-0.3, -0.25) is 19.7 Å². The summed E-state index contributed by atoms with van der Waals surface area (Å²) in [7, 11) is 0. The van der Waals surface area contributed by atoms with Crippen molar-refractivity contribution in [3.8, 4) is 11.3 Å². The van der Waals surface area contributed by atoms with Crippen molar-refractivity contribution >= 4 is 57.7 Å². The van der Waals surface area contributed by atoms with Crippen LogP contribution in [-0.2, 0) is 9.59 Å². The fourth-order valence-electron chi connectivity index (χ4n) is 3.90. The van der Waals surface area contributed by atoms with E-state index in [4.69, 9.17) is 4.42 Å². The van der Waals surface area contributed by atoms with Gasteiger partial charge in [0.15, 0.2) is 0 Å². The Morgan fingerprint density at radius 3 is 2.23 bits per heavy atom. The Morgan fingerprint density at radius 2 is 1.56 bits per heavy atom. The van der Waals surface area contributed by atoms with E-state index in [1.165, 1.54) is 29.2 Å². The molecular formula is C32H27N5O4S2. The lowest BCUT2D eigenvalue weighted by molar-refractivity contribution is -0.115. The van der Waals surface area contributed by atoms with Crippen molar-refractivity contribution < 1.29 is 18.8 Å². The molecule has 1 atom stereocenters. The average Bonchev–Trinajstić information content (AvgIpc) is 3.67. The third-order valence-corrected chi connectivity index (χ3v) is 7.92. The molecule has 0 bridgehead atoms. The first kappa shape index (κ1) is 29.5. The molecule has 5 rings (SSSR count). The average molecular weight is 610 g/mol. The van der Waals surface area contributed by atoms with E-state index >= 15 is 0 Å². The Bertz CT molecular complexity index is 1750. The van der Waals surface area contributed by atoms with Crippen LogP contribution in [0.4, 0.5) is 10.8 Å². The molecule has 2 heterocycles. The first-order valence-corrected chi connectivity index (χ1v) is 15.0. The highest BCUT2D eigenvalue weighted by molar-refractivity contribution is 8.00.